The first kappa shape index (κ1) is 17.2. The summed E-state index contributed by atoms with van der Waals surface area (Å²) in [7, 11) is 1.61. The molecular formula is C19H21N3O2S. The Morgan fingerprint density at radius 3 is 2.84 bits per heavy atom. The van der Waals surface area contributed by atoms with Gasteiger partial charge >= 0.3 is 6.03 Å². The van der Waals surface area contributed by atoms with E-state index in [1.807, 2.05) is 48.5 Å². The second kappa shape index (κ2) is 7.98. The summed E-state index contributed by atoms with van der Waals surface area (Å²) in [6.45, 7) is 2.74. The van der Waals surface area contributed by atoms with Crippen LogP contribution >= 0.6 is 11.3 Å². The molecule has 2 aromatic carbocycles. The molecule has 1 aromatic heterocycles. The summed E-state index contributed by atoms with van der Waals surface area (Å²) in [5.41, 5.74) is 1.61. The molecular weight excluding hydrogens is 334 g/mol. The maximum absolute atomic E-state index is 12.8. The smallest absolute Gasteiger partial charge is 0.328 e. The second-order valence-corrected chi connectivity index (χ2v) is 6.60. The third-order valence-corrected chi connectivity index (χ3v) is 4.82. The molecule has 0 aliphatic heterocycles. The van der Waals surface area contributed by atoms with Crippen molar-refractivity contribution in [2.24, 2.45) is 0 Å². The van der Waals surface area contributed by atoms with Gasteiger partial charge < -0.3 is 10.1 Å². The molecule has 0 spiro atoms. The average molecular weight is 355 g/mol. The van der Waals surface area contributed by atoms with E-state index in [9.17, 15) is 4.79 Å². The molecule has 0 aliphatic carbocycles. The van der Waals surface area contributed by atoms with E-state index in [4.69, 9.17) is 4.74 Å². The SMILES string of the molecule is CCCCNC(=O)N(c1cccc(OC)c1)c1nc2ccccc2s1. The zero-order valence-electron chi connectivity index (χ0n) is 14.4. The molecule has 3 rings (SSSR count). The van der Waals surface area contributed by atoms with Crippen molar-refractivity contribution >= 4 is 38.4 Å². The number of amides is 2. The Morgan fingerprint density at radius 2 is 2.08 bits per heavy atom. The molecule has 2 amide bonds. The van der Waals surface area contributed by atoms with Crippen LogP contribution in [0.25, 0.3) is 10.2 Å². The fourth-order valence-corrected chi connectivity index (χ4v) is 3.46. The van der Waals surface area contributed by atoms with E-state index in [0.717, 1.165) is 28.7 Å². The summed E-state index contributed by atoms with van der Waals surface area (Å²) in [6, 6.07) is 15.1. The molecule has 0 saturated heterocycles. The van der Waals surface area contributed by atoms with Gasteiger partial charge in [0, 0.05) is 12.6 Å². The molecule has 1 heterocycles. The van der Waals surface area contributed by atoms with Crippen LogP contribution in [0.3, 0.4) is 0 Å². The molecule has 0 unspecified atom stereocenters. The summed E-state index contributed by atoms with van der Waals surface area (Å²) in [6.07, 6.45) is 1.97. The topological polar surface area (TPSA) is 54.5 Å². The van der Waals surface area contributed by atoms with E-state index >= 15 is 0 Å². The van der Waals surface area contributed by atoms with Crippen LogP contribution in [-0.4, -0.2) is 24.7 Å². The van der Waals surface area contributed by atoms with Gasteiger partial charge in [-0.1, -0.05) is 42.9 Å². The number of unbranched alkanes of at least 4 members (excludes halogenated alkanes) is 1. The van der Waals surface area contributed by atoms with Crippen LogP contribution in [0, 0.1) is 0 Å². The number of anilines is 2. The van der Waals surface area contributed by atoms with Gasteiger partial charge in [-0.25, -0.2) is 14.7 Å². The normalized spacial score (nSPS) is 10.6. The third kappa shape index (κ3) is 3.91. The summed E-state index contributed by atoms with van der Waals surface area (Å²) in [5.74, 6) is 0.699. The van der Waals surface area contributed by atoms with Crippen molar-refractivity contribution in [3.63, 3.8) is 0 Å². The number of hydrogen-bond donors (Lipinski definition) is 1. The van der Waals surface area contributed by atoms with Crippen molar-refractivity contribution in [1.29, 1.82) is 0 Å². The molecule has 5 nitrogen and oxygen atoms in total. The predicted octanol–water partition coefficient (Wildman–Crippen LogP) is 4.95. The van der Waals surface area contributed by atoms with Gasteiger partial charge in [-0.2, -0.15) is 0 Å². The van der Waals surface area contributed by atoms with Crippen LogP contribution in [0.2, 0.25) is 0 Å². The van der Waals surface area contributed by atoms with E-state index in [1.54, 1.807) is 12.0 Å². The van der Waals surface area contributed by atoms with Crippen LogP contribution in [0.4, 0.5) is 15.6 Å². The van der Waals surface area contributed by atoms with Gasteiger partial charge in [-0.3, -0.25) is 0 Å². The van der Waals surface area contributed by atoms with Gasteiger partial charge in [0.2, 0.25) is 0 Å². The highest BCUT2D eigenvalue weighted by molar-refractivity contribution is 7.22. The molecule has 0 aliphatic rings. The second-order valence-electron chi connectivity index (χ2n) is 5.59. The summed E-state index contributed by atoms with van der Waals surface area (Å²) < 4.78 is 6.35. The Bertz CT molecular complexity index is 830. The average Bonchev–Trinajstić information content (AvgIpc) is 3.05. The van der Waals surface area contributed by atoms with Crippen LogP contribution in [0.1, 0.15) is 19.8 Å². The van der Waals surface area contributed by atoms with Gasteiger partial charge in [0.25, 0.3) is 0 Å². The van der Waals surface area contributed by atoms with E-state index < -0.39 is 0 Å². The molecule has 0 bridgehead atoms. The highest BCUT2D eigenvalue weighted by atomic mass is 32.1. The van der Waals surface area contributed by atoms with E-state index in [2.05, 4.69) is 17.2 Å². The maximum Gasteiger partial charge on any atom is 0.328 e. The molecule has 3 aromatic rings. The van der Waals surface area contributed by atoms with Crippen LogP contribution in [0.5, 0.6) is 5.75 Å². The number of fused-ring (bicyclic) bond motifs is 1. The first-order chi connectivity index (χ1) is 12.2. The number of carbonyl (C=O) groups is 1. The largest absolute Gasteiger partial charge is 0.497 e. The number of methoxy groups -OCH3 is 1. The number of aromatic nitrogens is 1. The van der Waals surface area contributed by atoms with Crippen molar-refractivity contribution in [3.05, 3.63) is 48.5 Å². The minimum atomic E-state index is -0.180. The lowest BCUT2D eigenvalue weighted by molar-refractivity contribution is 0.248. The van der Waals surface area contributed by atoms with Crippen LogP contribution in [0.15, 0.2) is 48.5 Å². The van der Waals surface area contributed by atoms with E-state index in [1.165, 1.54) is 11.3 Å². The highest BCUT2D eigenvalue weighted by Gasteiger charge is 2.22. The molecule has 25 heavy (non-hydrogen) atoms. The zero-order valence-corrected chi connectivity index (χ0v) is 15.2. The van der Waals surface area contributed by atoms with Gasteiger partial charge in [-0.15, -0.1) is 0 Å². The maximum atomic E-state index is 12.8. The fourth-order valence-electron chi connectivity index (χ4n) is 2.47. The number of ether oxygens (including phenoxy) is 1. The molecule has 0 saturated carbocycles. The number of para-hydroxylation sites is 1. The van der Waals surface area contributed by atoms with Crippen LogP contribution < -0.4 is 15.0 Å². The number of rotatable bonds is 6. The highest BCUT2D eigenvalue weighted by Crippen LogP contribution is 2.34. The molecule has 0 radical (unpaired) electrons. The molecule has 6 heteroatoms. The lowest BCUT2D eigenvalue weighted by Gasteiger charge is -2.21. The van der Waals surface area contributed by atoms with E-state index in [0.29, 0.717) is 17.4 Å². The Morgan fingerprint density at radius 1 is 1.24 bits per heavy atom. The number of benzene rings is 2. The Labute approximate surface area is 151 Å². The van der Waals surface area contributed by atoms with Gasteiger partial charge in [0.05, 0.1) is 23.0 Å². The number of hydrogen-bond acceptors (Lipinski definition) is 4. The number of nitrogens with one attached hydrogen (secondary N) is 1. The minimum Gasteiger partial charge on any atom is -0.497 e. The Hall–Kier alpha value is -2.60. The Balaban J connectivity index is 1.99. The quantitative estimate of drug-likeness (QED) is 0.636. The molecule has 130 valence electrons. The number of thiazole rings is 1. The first-order valence-corrected chi connectivity index (χ1v) is 9.12. The predicted molar refractivity (Wildman–Crippen MR) is 103 cm³/mol. The lowest BCUT2D eigenvalue weighted by Crippen LogP contribution is -2.37. The monoisotopic (exact) mass is 355 g/mol. The standard InChI is InChI=1S/C19H21N3O2S/c1-3-4-12-20-18(23)22(14-8-7-9-15(13-14)24-2)19-21-16-10-5-6-11-17(16)25-19/h5-11,13H,3-4,12H2,1-2H3,(H,20,23). The minimum absolute atomic E-state index is 0.180. The molecule has 0 fully saturated rings. The first-order valence-electron chi connectivity index (χ1n) is 8.30. The summed E-state index contributed by atoms with van der Waals surface area (Å²) in [4.78, 5) is 19.1. The fraction of sp³-hybridized carbons (Fsp3) is 0.263. The van der Waals surface area contributed by atoms with Crippen molar-refractivity contribution in [2.45, 2.75) is 19.8 Å². The van der Waals surface area contributed by atoms with Crippen molar-refractivity contribution < 1.29 is 9.53 Å². The third-order valence-electron chi connectivity index (χ3n) is 3.80. The summed E-state index contributed by atoms with van der Waals surface area (Å²) >= 11 is 1.49. The van der Waals surface area contributed by atoms with Crippen molar-refractivity contribution in [2.75, 3.05) is 18.6 Å². The number of urea groups is 1. The Kier molecular flexibility index (Phi) is 5.50. The zero-order chi connectivity index (χ0) is 17.6. The molecule has 0 atom stereocenters. The van der Waals surface area contributed by atoms with Gasteiger partial charge in [0.15, 0.2) is 5.13 Å². The molecule has 1 N–H and O–H groups in total. The lowest BCUT2D eigenvalue weighted by atomic mass is 10.3. The van der Waals surface area contributed by atoms with Gasteiger partial charge in [-0.05, 0) is 30.7 Å². The van der Waals surface area contributed by atoms with E-state index in [-0.39, 0.29) is 6.03 Å². The number of carbonyl (C=O) groups excluding carboxylic acids is 1. The number of nitrogens with zero attached hydrogens (tertiary/aromatic N) is 2. The van der Waals surface area contributed by atoms with Gasteiger partial charge in [0.1, 0.15) is 5.75 Å². The van der Waals surface area contributed by atoms with Crippen molar-refractivity contribution in [3.8, 4) is 5.75 Å². The summed E-state index contributed by atoms with van der Waals surface area (Å²) in [5, 5.41) is 3.62. The van der Waals surface area contributed by atoms with Crippen molar-refractivity contribution in [1.82, 2.24) is 10.3 Å². The van der Waals surface area contributed by atoms with Crippen LogP contribution in [-0.2, 0) is 0 Å².